The number of nitrogens with zero attached hydrogens (tertiary/aromatic N) is 2. The topological polar surface area (TPSA) is 70.2 Å². The zero-order chi connectivity index (χ0) is 14.7. The van der Waals surface area contributed by atoms with Crippen LogP contribution in [0, 0.1) is 0 Å². The largest absolute Gasteiger partial charge is 0.375 e. The third-order valence-corrected chi connectivity index (χ3v) is 4.36. The van der Waals surface area contributed by atoms with Crippen LogP contribution in [0.4, 0.5) is 0 Å². The van der Waals surface area contributed by atoms with Crippen LogP contribution >= 0.6 is 0 Å². The van der Waals surface area contributed by atoms with E-state index in [1.807, 2.05) is 7.05 Å². The molecule has 1 aromatic rings. The molecule has 6 heteroatoms. The van der Waals surface area contributed by atoms with Gasteiger partial charge in [0.25, 0.3) is 0 Å². The number of ether oxygens (including phenoxy) is 1. The van der Waals surface area contributed by atoms with Crippen LogP contribution in [0.3, 0.4) is 0 Å². The molecule has 1 fully saturated rings. The standard InChI is InChI=1S/C15H24N4O2/c1-19(15(20)8-11-9-16-6-7-21-11)10-14-12-4-2-3-5-13(12)17-18-14/h11,16H,2-10H2,1H3,(H,17,18)/t11-/m1/s1. The number of morpholine rings is 1. The number of hydrogen-bond acceptors (Lipinski definition) is 4. The molecule has 6 nitrogen and oxygen atoms in total. The molecule has 116 valence electrons. The Bertz CT molecular complexity index is 494. The highest BCUT2D eigenvalue weighted by Crippen LogP contribution is 2.23. The Morgan fingerprint density at radius 1 is 1.43 bits per heavy atom. The molecule has 0 radical (unpaired) electrons. The van der Waals surface area contributed by atoms with E-state index in [2.05, 4.69) is 15.5 Å². The zero-order valence-corrected chi connectivity index (χ0v) is 12.7. The van der Waals surface area contributed by atoms with Gasteiger partial charge in [0.15, 0.2) is 0 Å². The van der Waals surface area contributed by atoms with Crippen LogP contribution in [0.25, 0.3) is 0 Å². The maximum absolute atomic E-state index is 12.3. The predicted octanol–water partition coefficient (Wildman–Crippen LogP) is 0.625. The van der Waals surface area contributed by atoms with Crippen molar-refractivity contribution < 1.29 is 9.53 Å². The quantitative estimate of drug-likeness (QED) is 0.854. The van der Waals surface area contributed by atoms with Crippen LogP contribution < -0.4 is 5.32 Å². The highest BCUT2D eigenvalue weighted by Gasteiger charge is 2.22. The van der Waals surface area contributed by atoms with Gasteiger partial charge in [-0.25, -0.2) is 0 Å². The summed E-state index contributed by atoms with van der Waals surface area (Å²) in [4.78, 5) is 14.1. The van der Waals surface area contributed by atoms with Crippen molar-refractivity contribution in [3.63, 3.8) is 0 Å². The monoisotopic (exact) mass is 292 g/mol. The molecule has 21 heavy (non-hydrogen) atoms. The number of aryl methyl sites for hydroxylation is 1. The number of carbonyl (C=O) groups is 1. The highest BCUT2D eigenvalue weighted by atomic mass is 16.5. The molecule has 0 unspecified atom stereocenters. The van der Waals surface area contributed by atoms with Crippen LogP contribution in [0.1, 0.15) is 36.2 Å². The molecule has 2 heterocycles. The first-order valence-electron chi connectivity index (χ1n) is 7.85. The van der Waals surface area contributed by atoms with Gasteiger partial charge in [0.2, 0.25) is 5.91 Å². The van der Waals surface area contributed by atoms with Crippen LogP contribution in [0.5, 0.6) is 0 Å². The fourth-order valence-electron chi connectivity index (χ4n) is 3.09. The van der Waals surface area contributed by atoms with Gasteiger partial charge in [-0.3, -0.25) is 9.89 Å². The first-order valence-corrected chi connectivity index (χ1v) is 7.85. The zero-order valence-electron chi connectivity index (χ0n) is 12.7. The molecule has 0 aromatic carbocycles. The Morgan fingerprint density at radius 3 is 3.10 bits per heavy atom. The van der Waals surface area contributed by atoms with Gasteiger partial charge in [0, 0.05) is 25.8 Å². The van der Waals surface area contributed by atoms with Gasteiger partial charge in [-0.2, -0.15) is 5.10 Å². The van der Waals surface area contributed by atoms with E-state index < -0.39 is 0 Å². The van der Waals surface area contributed by atoms with Crippen molar-refractivity contribution in [3.8, 4) is 0 Å². The fourth-order valence-corrected chi connectivity index (χ4v) is 3.09. The van der Waals surface area contributed by atoms with Gasteiger partial charge in [0.05, 0.1) is 31.4 Å². The van der Waals surface area contributed by atoms with Gasteiger partial charge in [0.1, 0.15) is 0 Å². The molecule has 2 aliphatic rings. The first-order chi connectivity index (χ1) is 10.2. The van der Waals surface area contributed by atoms with Crippen molar-refractivity contribution in [1.29, 1.82) is 0 Å². The molecule has 0 saturated carbocycles. The number of H-pyrrole nitrogens is 1. The third-order valence-electron chi connectivity index (χ3n) is 4.36. The van der Waals surface area contributed by atoms with Crippen LogP contribution in [0.15, 0.2) is 0 Å². The van der Waals surface area contributed by atoms with Crippen molar-refractivity contribution in [2.75, 3.05) is 26.7 Å². The Hall–Kier alpha value is -1.40. The summed E-state index contributed by atoms with van der Waals surface area (Å²) in [5.41, 5.74) is 3.62. The summed E-state index contributed by atoms with van der Waals surface area (Å²) in [6, 6.07) is 0. The smallest absolute Gasteiger partial charge is 0.225 e. The molecule has 1 amide bonds. The number of rotatable bonds is 4. The highest BCUT2D eigenvalue weighted by molar-refractivity contribution is 5.76. The van der Waals surface area contributed by atoms with E-state index in [0.717, 1.165) is 31.6 Å². The fraction of sp³-hybridized carbons (Fsp3) is 0.733. The van der Waals surface area contributed by atoms with E-state index in [9.17, 15) is 4.79 Å². The summed E-state index contributed by atoms with van der Waals surface area (Å²) < 4.78 is 5.59. The normalized spacial score (nSPS) is 21.9. The van der Waals surface area contributed by atoms with Crippen molar-refractivity contribution in [2.45, 2.75) is 44.8 Å². The second-order valence-corrected chi connectivity index (χ2v) is 5.99. The minimum atomic E-state index is 0.00167. The molecular weight excluding hydrogens is 268 g/mol. The number of aromatic nitrogens is 2. The van der Waals surface area contributed by atoms with Gasteiger partial charge in [-0.15, -0.1) is 0 Å². The maximum atomic E-state index is 12.3. The van der Waals surface area contributed by atoms with Crippen LogP contribution in [0.2, 0.25) is 0 Å². The lowest BCUT2D eigenvalue weighted by molar-refractivity contribution is -0.134. The van der Waals surface area contributed by atoms with E-state index in [4.69, 9.17) is 4.74 Å². The molecule has 2 N–H and O–H groups in total. The predicted molar refractivity (Wildman–Crippen MR) is 78.9 cm³/mol. The molecular formula is C15H24N4O2. The lowest BCUT2D eigenvalue weighted by Crippen LogP contribution is -2.41. The second kappa shape index (κ2) is 6.58. The Kier molecular flexibility index (Phi) is 4.55. The van der Waals surface area contributed by atoms with Gasteiger partial charge < -0.3 is 15.0 Å². The Morgan fingerprint density at radius 2 is 2.29 bits per heavy atom. The van der Waals surface area contributed by atoms with E-state index >= 15 is 0 Å². The molecule has 1 atom stereocenters. The molecule has 1 aromatic heterocycles. The van der Waals surface area contributed by atoms with Gasteiger partial charge in [-0.1, -0.05) is 0 Å². The summed E-state index contributed by atoms with van der Waals surface area (Å²) in [6.07, 6.45) is 5.06. The van der Waals surface area contributed by atoms with E-state index in [1.54, 1.807) is 4.90 Å². The molecule has 1 saturated heterocycles. The summed E-state index contributed by atoms with van der Waals surface area (Å²) in [5.74, 6) is 0.122. The Labute approximate surface area is 125 Å². The number of amides is 1. The number of carbonyl (C=O) groups excluding carboxylic acids is 1. The lowest BCUT2D eigenvalue weighted by atomic mass is 9.96. The summed E-state index contributed by atoms with van der Waals surface area (Å²) in [7, 11) is 1.85. The van der Waals surface area contributed by atoms with Gasteiger partial charge in [-0.05, 0) is 31.2 Å². The lowest BCUT2D eigenvalue weighted by Gasteiger charge is -2.25. The SMILES string of the molecule is CN(Cc1n[nH]c2c1CCCC2)C(=O)C[C@@H]1CNCCO1. The number of hydrogen-bond donors (Lipinski definition) is 2. The average Bonchev–Trinajstić information content (AvgIpc) is 2.91. The first kappa shape index (κ1) is 14.5. The summed E-state index contributed by atoms with van der Waals surface area (Å²) in [5, 5.41) is 10.8. The average molecular weight is 292 g/mol. The molecule has 0 bridgehead atoms. The van der Waals surface area contributed by atoms with Crippen LogP contribution in [-0.4, -0.2) is 53.9 Å². The second-order valence-electron chi connectivity index (χ2n) is 5.99. The van der Waals surface area contributed by atoms with E-state index in [-0.39, 0.29) is 12.0 Å². The third kappa shape index (κ3) is 3.44. The minimum absolute atomic E-state index is 0.00167. The number of fused-ring (bicyclic) bond motifs is 1. The molecule has 1 aliphatic heterocycles. The molecule has 3 rings (SSSR count). The number of aromatic amines is 1. The molecule has 1 aliphatic carbocycles. The van der Waals surface area contributed by atoms with E-state index in [1.165, 1.54) is 24.1 Å². The van der Waals surface area contributed by atoms with Crippen LogP contribution in [-0.2, 0) is 28.9 Å². The number of nitrogens with one attached hydrogen (secondary N) is 2. The van der Waals surface area contributed by atoms with E-state index in [0.29, 0.717) is 19.6 Å². The maximum Gasteiger partial charge on any atom is 0.225 e. The van der Waals surface area contributed by atoms with Crippen molar-refractivity contribution in [2.24, 2.45) is 0 Å². The summed E-state index contributed by atoms with van der Waals surface area (Å²) >= 11 is 0. The summed E-state index contributed by atoms with van der Waals surface area (Å²) in [6.45, 7) is 2.91. The Balaban J connectivity index is 1.56. The van der Waals surface area contributed by atoms with Crippen molar-refractivity contribution in [1.82, 2.24) is 20.4 Å². The molecule has 0 spiro atoms. The van der Waals surface area contributed by atoms with Gasteiger partial charge >= 0.3 is 0 Å². The van der Waals surface area contributed by atoms with Crippen molar-refractivity contribution >= 4 is 5.91 Å². The minimum Gasteiger partial charge on any atom is -0.375 e. The van der Waals surface area contributed by atoms with Crippen molar-refractivity contribution in [3.05, 3.63) is 17.0 Å².